The Morgan fingerprint density at radius 1 is 1.19 bits per heavy atom. The first-order valence-electron chi connectivity index (χ1n) is 8.51. The average molecular weight is 366 g/mol. The summed E-state index contributed by atoms with van der Waals surface area (Å²) in [4.78, 5) is 23.3. The molecule has 1 heterocycles. The van der Waals surface area contributed by atoms with Gasteiger partial charge < -0.3 is 14.0 Å². The van der Waals surface area contributed by atoms with E-state index in [2.05, 4.69) is 0 Å². The highest BCUT2D eigenvalue weighted by molar-refractivity contribution is 5.98. The van der Waals surface area contributed by atoms with Gasteiger partial charge in [-0.25, -0.2) is 4.79 Å². The molecule has 0 aliphatic heterocycles. The van der Waals surface area contributed by atoms with Crippen LogP contribution >= 0.6 is 0 Å². The standard InChI is InChI=1S/C20H18N2O5/c1-21-16-7-5-13(26-2)10-15(16)14-6-4-11-8-12(20(23)27-3)9-17(22(24)25)18(11)19(14)21/h5,7-10H,4,6H2,1-3H3. The first-order valence-corrected chi connectivity index (χ1v) is 8.51. The van der Waals surface area contributed by atoms with Gasteiger partial charge >= 0.3 is 5.97 Å². The predicted octanol–water partition coefficient (Wildman–Crippen LogP) is 3.65. The number of nitrogens with zero attached hydrogens (tertiary/aromatic N) is 2. The van der Waals surface area contributed by atoms with Crippen molar-refractivity contribution in [1.82, 2.24) is 4.57 Å². The Morgan fingerprint density at radius 2 is 1.96 bits per heavy atom. The van der Waals surface area contributed by atoms with Gasteiger partial charge in [0.1, 0.15) is 5.75 Å². The number of esters is 1. The Labute approximate surface area is 155 Å². The summed E-state index contributed by atoms with van der Waals surface area (Å²) in [6, 6.07) is 8.81. The lowest BCUT2D eigenvalue weighted by Gasteiger charge is -2.19. The maximum Gasteiger partial charge on any atom is 0.338 e. The summed E-state index contributed by atoms with van der Waals surface area (Å²) >= 11 is 0. The molecule has 7 heteroatoms. The first kappa shape index (κ1) is 17.1. The SMILES string of the molecule is COC(=O)c1cc2c(c([N+](=O)[O-])c1)-c1c(c3cc(OC)ccc3n1C)CC2. The van der Waals surface area contributed by atoms with Crippen LogP contribution in [0.5, 0.6) is 5.75 Å². The summed E-state index contributed by atoms with van der Waals surface area (Å²) in [5, 5.41) is 12.8. The normalized spacial score (nSPS) is 12.4. The molecule has 0 saturated heterocycles. The maximum absolute atomic E-state index is 11.9. The molecule has 27 heavy (non-hydrogen) atoms. The zero-order chi connectivity index (χ0) is 19.3. The van der Waals surface area contributed by atoms with Crippen LogP contribution in [0, 0.1) is 10.1 Å². The van der Waals surface area contributed by atoms with Crippen LogP contribution in [0.3, 0.4) is 0 Å². The van der Waals surface area contributed by atoms with Crippen molar-refractivity contribution in [2.24, 2.45) is 7.05 Å². The number of hydrogen-bond acceptors (Lipinski definition) is 5. The second kappa shape index (κ2) is 6.12. The van der Waals surface area contributed by atoms with E-state index in [9.17, 15) is 14.9 Å². The Bertz CT molecular complexity index is 1110. The number of nitro benzene ring substituents is 1. The van der Waals surface area contributed by atoms with Gasteiger partial charge in [0.05, 0.1) is 36.0 Å². The summed E-state index contributed by atoms with van der Waals surface area (Å²) in [5.74, 6) is 0.172. The minimum absolute atomic E-state index is 0.0771. The first-order chi connectivity index (χ1) is 13.0. The lowest BCUT2D eigenvalue weighted by atomic mass is 9.86. The van der Waals surface area contributed by atoms with Crippen molar-refractivity contribution in [1.29, 1.82) is 0 Å². The fourth-order valence-electron chi connectivity index (χ4n) is 3.99. The van der Waals surface area contributed by atoms with Crippen LogP contribution in [-0.4, -0.2) is 29.7 Å². The van der Waals surface area contributed by atoms with Gasteiger partial charge in [0, 0.05) is 24.0 Å². The molecule has 1 aliphatic rings. The number of nitro groups is 1. The largest absolute Gasteiger partial charge is 0.497 e. The highest BCUT2D eigenvalue weighted by Gasteiger charge is 2.31. The van der Waals surface area contributed by atoms with Gasteiger partial charge in [0.15, 0.2) is 0 Å². The summed E-state index contributed by atoms with van der Waals surface area (Å²) in [5.41, 5.74) is 4.36. The molecular formula is C20H18N2O5. The zero-order valence-electron chi connectivity index (χ0n) is 15.2. The molecule has 1 aliphatic carbocycles. The zero-order valence-corrected chi connectivity index (χ0v) is 15.2. The topological polar surface area (TPSA) is 83.6 Å². The van der Waals surface area contributed by atoms with Crippen LogP contribution in [0.15, 0.2) is 30.3 Å². The van der Waals surface area contributed by atoms with E-state index in [0.29, 0.717) is 12.0 Å². The Hall–Kier alpha value is -3.35. The molecule has 0 spiro atoms. The quantitative estimate of drug-likeness (QED) is 0.401. The van der Waals surface area contributed by atoms with Gasteiger partial charge in [-0.2, -0.15) is 0 Å². The van der Waals surface area contributed by atoms with E-state index in [-0.39, 0.29) is 11.3 Å². The van der Waals surface area contributed by atoms with Crippen LogP contribution in [0.25, 0.3) is 22.2 Å². The molecule has 0 atom stereocenters. The van der Waals surface area contributed by atoms with Gasteiger partial charge in [-0.05, 0) is 48.2 Å². The van der Waals surface area contributed by atoms with Crippen molar-refractivity contribution in [3.05, 3.63) is 57.1 Å². The van der Waals surface area contributed by atoms with Crippen LogP contribution in [0.1, 0.15) is 21.5 Å². The molecule has 7 nitrogen and oxygen atoms in total. The molecule has 0 fully saturated rings. The highest BCUT2D eigenvalue weighted by Crippen LogP contribution is 2.45. The molecule has 2 aromatic carbocycles. The van der Waals surface area contributed by atoms with E-state index in [1.165, 1.54) is 13.2 Å². The van der Waals surface area contributed by atoms with E-state index in [4.69, 9.17) is 9.47 Å². The number of carbonyl (C=O) groups excluding carboxylic acids is 1. The van der Waals surface area contributed by atoms with Gasteiger partial charge in [-0.3, -0.25) is 10.1 Å². The fourth-order valence-corrected chi connectivity index (χ4v) is 3.99. The van der Waals surface area contributed by atoms with Crippen molar-refractivity contribution in [3.63, 3.8) is 0 Å². The molecular weight excluding hydrogens is 348 g/mol. The molecule has 1 aromatic heterocycles. The monoisotopic (exact) mass is 366 g/mol. The summed E-state index contributed by atoms with van der Waals surface area (Å²) < 4.78 is 12.1. The number of aryl methyl sites for hydroxylation is 3. The number of methoxy groups -OCH3 is 2. The summed E-state index contributed by atoms with van der Waals surface area (Å²) in [6.07, 6.45) is 1.35. The molecule has 3 aromatic rings. The Kier molecular flexibility index (Phi) is 3.87. The van der Waals surface area contributed by atoms with Gasteiger partial charge in [-0.1, -0.05) is 0 Å². The number of aromatic nitrogens is 1. The lowest BCUT2D eigenvalue weighted by molar-refractivity contribution is -0.384. The van der Waals surface area contributed by atoms with Crippen molar-refractivity contribution in [2.45, 2.75) is 12.8 Å². The molecule has 0 amide bonds. The highest BCUT2D eigenvalue weighted by atomic mass is 16.6. The third-order valence-electron chi connectivity index (χ3n) is 5.21. The lowest BCUT2D eigenvalue weighted by Crippen LogP contribution is -2.11. The third kappa shape index (κ3) is 2.46. The van der Waals surface area contributed by atoms with Gasteiger partial charge in [-0.15, -0.1) is 0 Å². The summed E-state index contributed by atoms with van der Waals surface area (Å²) in [6.45, 7) is 0. The minimum Gasteiger partial charge on any atom is -0.497 e. The number of rotatable bonds is 3. The summed E-state index contributed by atoms with van der Waals surface area (Å²) in [7, 11) is 4.79. The van der Waals surface area contributed by atoms with Gasteiger partial charge in [0.2, 0.25) is 0 Å². The van der Waals surface area contributed by atoms with Gasteiger partial charge in [0.25, 0.3) is 5.69 Å². The van der Waals surface area contributed by atoms with Crippen molar-refractivity contribution in [2.75, 3.05) is 14.2 Å². The Morgan fingerprint density at radius 3 is 2.63 bits per heavy atom. The van der Waals surface area contributed by atoms with E-state index < -0.39 is 10.9 Å². The maximum atomic E-state index is 11.9. The molecule has 0 saturated carbocycles. The second-order valence-corrected chi connectivity index (χ2v) is 6.55. The molecule has 138 valence electrons. The number of benzene rings is 2. The number of ether oxygens (including phenoxy) is 2. The van der Waals surface area contributed by atoms with E-state index >= 15 is 0 Å². The number of hydrogen-bond donors (Lipinski definition) is 0. The minimum atomic E-state index is -0.575. The number of carbonyl (C=O) groups is 1. The Balaban J connectivity index is 2.05. The third-order valence-corrected chi connectivity index (χ3v) is 5.21. The molecule has 0 bridgehead atoms. The van der Waals surface area contributed by atoms with E-state index in [1.807, 2.05) is 29.8 Å². The second-order valence-electron chi connectivity index (χ2n) is 6.55. The molecule has 4 rings (SSSR count). The average Bonchev–Trinajstić information content (AvgIpc) is 2.98. The van der Waals surface area contributed by atoms with Crippen LogP contribution in [-0.2, 0) is 24.6 Å². The molecule has 0 N–H and O–H groups in total. The van der Waals surface area contributed by atoms with E-state index in [0.717, 1.165) is 39.9 Å². The van der Waals surface area contributed by atoms with Crippen molar-refractivity contribution >= 4 is 22.6 Å². The fraction of sp³-hybridized carbons (Fsp3) is 0.250. The van der Waals surface area contributed by atoms with Crippen LogP contribution in [0.2, 0.25) is 0 Å². The van der Waals surface area contributed by atoms with Crippen LogP contribution in [0.4, 0.5) is 5.69 Å². The van der Waals surface area contributed by atoms with Crippen molar-refractivity contribution in [3.8, 4) is 17.0 Å². The number of fused-ring (bicyclic) bond motifs is 5. The smallest absolute Gasteiger partial charge is 0.338 e. The predicted molar refractivity (Wildman–Crippen MR) is 100 cm³/mol. The van der Waals surface area contributed by atoms with Crippen molar-refractivity contribution < 1.29 is 19.2 Å². The van der Waals surface area contributed by atoms with E-state index in [1.54, 1.807) is 13.2 Å². The van der Waals surface area contributed by atoms with Crippen LogP contribution < -0.4 is 4.74 Å². The molecule has 0 radical (unpaired) electrons. The molecule has 0 unspecified atom stereocenters.